The fourth-order valence-corrected chi connectivity index (χ4v) is 11.3. The zero-order valence-electron chi connectivity index (χ0n) is 32.0. The largest absolute Gasteiger partial charge is 0.494 e. The standard InChI is InChI=1S/C41H54N4O8Si/c1-6-52-31-15-17-34-29(22-31)23-33(42-18-10-11-20-46)39(49)45(34)30-14-16-35-32(24-30)41(40(50)43(35)3)27(2)38(54(4,5)51)36(53-41)25-37(48)44(19-21-47)26-28-12-8-7-9-13-28/h7-9,12-17,22,24,27,33,36,38,42,46-47,51H,6,10-11,18-21,23,25-26H2,1-5H3/t27-,33?,36+,38-,41+/m1/s1. The molecule has 0 saturated carbocycles. The van der Waals surface area contributed by atoms with E-state index in [9.17, 15) is 29.4 Å². The van der Waals surface area contributed by atoms with Gasteiger partial charge in [-0.3, -0.25) is 19.3 Å². The second-order valence-corrected chi connectivity index (χ2v) is 19.2. The molecule has 54 heavy (non-hydrogen) atoms. The zero-order chi connectivity index (χ0) is 38.8. The minimum atomic E-state index is -3.07. The lowest BCUT2D eigenvalue weighted by Gasteiger charge is -2.36. The van der Waals surface area contributed by atoms with E-state index < -0.39 is 37.5 Å². The van der Waals surface area contributed by atoms with Crippen molar-refractivity contribution in [1.29, 1.82) is 0 Å². The molecule has 3 aromatic carbocycles. The van der Waals surface area contributed by atoms with Crippen LogP contribution in [0.15, 0.2) is 66.7 Å². The quantitative estimate of drug-likeness (QED) is 0.132. The summed E-state index contributed by atoms with van der Waals surface area (Å²) >= 11 is 0. The van der Waals surface area contributed by atoms with Crippen molar-refractivity contribution < 1.29 is 38.9 Å². The fraction of sp³-hybridized carbons (Fsp3) is 0.488. The summed E-state index contributed by atoms with van der Waals surface area (Å²) < 4.78 is 12.7. The summed E-state index contributed by atoms with van der Waals surface area (Å²) in [5.41, 5.74) is 2.38. The van der Waals surface area contributed by atoms with Gasteiger partial charge in [-0.05, 0) is 93.4 Å². The van der Waals surface area contributed by atoms with Crippen LogP contribution in [0.3, 0.4) is 0 Å². The monoisotopic (exact) mass is 758 g/mol. The maximum absolute atomic E-state index is 14.5. The Morgan fingerprint density at radius 3 is 2.46 bits per heavy atom. The molecule has 0 aliphatic carbocycles. The highest BCUT2D eigenvalue weighted by Crippen LogP contribution is 2.60. The number of ether oxygens (including phenoxy) is 2. The van der Waals surface area contributed by atoms with Gasteiger partial charge in [-0.1, -0.05) is 37.3 Å². The van der Waals surface area contributed by atoms with Crippen LogP contribution in [0.5, 0.6) is 5.75 Å². The SMILES string of the molecule is CCOc1ccc2c(c1)CC(NCCCCO)C(=O)N2c1ccc2c(c1)[C@]1(O[C@@H](CC(=O)N(CCO)Cc3ccccc3)[C@H]([Si](C)(C)O)[C@H]1C)C(=O)N2C. The van der Waals surface area contributed by atoms with Gasteiger partial charge in [0.15, 0.2) is 13.9 Å². The van der Waals surface area contributed by atoms with Crippen LogP contribution in [0, 0.1) is 5.92 Å². The zero-order valence-corrected chi connectivity index (χ0v) is 33.0. The molecule has 1 spiro atoms. The molecule has 1 saturated heterocycles. The Labute approximate surface area is 318 Å². The molecule has 3 aromatic rings. The van der Waals surface area contributed by atoms with E-state index >= 15 is 0 Å². The Kier molecular flexibility index (Phi) is 12.0. The van der Waals surface area contributed by atoms with Gasteiger partial charge < -0.3 is 39.6 Å². The van der Waals surface area contributed by atoms with Gasteiger partial charge in [-0.25, -0.2) is 0 Å². The molecule has 0 bridgehead atoms. The first kappa shape index (κ1) is 39.6. The summed E-state index contributed by atoms with van der Waals surface area (Å²) in [5.74, 6) is -0.463. The van der Waals surface area contributed by atoms with E-state index in [-0.39, 0.29) is 43.9 Å². The van der Waals surface area contributed by atoms with Crippen molar-refractivity contribution in [2.24, 2.45) is 5.92 Å². The van der Waals surface area contributed by atoms with E-state index in [2.05, 4.69) is 5.32 Å². The number of nitrogens with one attached hydrogen (secondary N) is 1. The number of nitrogens with zero attached hydrogens (tertiary/aromatic N) is 3. The summed E-state index contributed by atoms with van der Waals surface area (Å²) in [7, 11) is -1.37. The number of likely N-dealkylation sites (N-methyl/N-ethyl adjacent to an activating group) is 1. The number of carbonyl (C=O) groups excluding carboxylic acids is 3. The van der Waals surface area contributed by atoms with E-state index in [1.54, 1.807) is 21.7 Å². The van der Waals surface area contributed by atoms with Crippen molar-refractivity contribution >= 4 is 43.1 Å². The van der Waals surface area contributed by atoms with Crippen molar-refractivity contribution in [3.63, 3.8) is 0 Å². The third-order valence-electron chi connectivity index (χ3n) is 11.2. The minimum Gasteiger partial charge on any atom is -0.494 e. The van der Waals surface area contributed by atoms with E-state index in [1.165, 1.54) is 0 Å². The first-order chi connectivity index (χ1) is 25.8. The number of carbonyl (C=O) groups is 3. The first-order valence-corrected chi connectivity index (χ1v) is 22.1. The Morgan fingerprint density at radius 1 is 1.04 bits per heavy atom. The number of amides is 3. The fourth-order valence-electron chi connectivity index (χ4n) is 8.75. The van der Waals surface area contributed by atoms with E-state index in [4.69, 9.17) is 9.47 Å². The lowest BCUT2D eigenvalue weighted by Crippen LogP contribution is -2.49. The van der Waals surface area contributed by atoms with Gasteiger partial charge in [-0.2, -0.15) is 0 Å². The maximum Gasteiger partial charge on any atom is 0.264 e. The Morgan fingerprint density at radius 2 is 1.78 bits per heavy atom. The van der Waals surface area contributed by atoms with Crippen molar-refractivity contribution in [3.8, 4) is 5.75 Å². The van der Waals surface area contributed by atoms with Crippen molar-refractivity contribution in [1.82, 2.24) is 10.2 Å². The van der Waals surface area contributed by atoms with Gasteiger partial charge in [-0.15, -0.1) is 0 Å². The Hall–Kier alpha value is -4.11. The van der Waals surface area contributed by atoms with Crippen LogP contribution in [0.1, 0.15) is 49.8 Å². The van der Waals surface area contributed by atoms with Gasteiger partial charge >= 0.3 is 0 Å². The number of unbranched alkanes of at least 4 members (excludes halogenated alkanes) is 1. The number of aliphatic hydroxyl groups is 2. The average molecular weight is 759 g/mol. The van der Waals surface area contributed by atoms with Gasteiger partial charge in [0, 0.05) is 49.5 Å². The number of benzene rings is 3. The molecular weight excluding hydrogens is 705 g/mol. The van der Waals surface area contributed by atoms with Crippen molar-refractivity contribution in [3.05, 3.63) is 83.4 Å². The van der Waals surface area contributed by atoms with E-state index in [0.29, 0.717) is 55.2 Å². The van der Waals surface area contributed by atoms with Crippen LogP contribution in [0.4, 0.5) is 17.1 Å². The third-order valence-corrected chi connectivity index (χ3v) is 13.7. The highest BCUT2D eigenvalue weighted by Gasteiger charge is 2.66. The summed E-state index contributed by atoms with van der Waals surface area (Å²) in [6, 6.07) is 20.3. The second-order valence-electron chi connectivity index (χ2n) is 15.2. The number of anilines is 3. The van der Waals surface area contributed by atoms with E-state index in [1.807, 2.05) is 93.7 Å². The van der Waals surface area contributed by atoms with Gasteiger partial charge in [0.1, 0.15) is 5.75 Å². The van der Waals surface area contributed by atoms with Crippen LogP contribution in [-0.4, -0.2) is 98.1 Å². The summed E-state index contributed by atoms with van der Waals surface area (Å²) in [4.78, 5) is 59.5. The lowest BCUT2D eigenvalue weighted by molar-refractivity contribution is -0.149. The molecule has 3 heterocycles. The van der Waals surface area contributed by atoms with Gasteiger partial charge in [0.05, 0.1) is 43.2 Å². The first-order valence-electron chi connectivity index (χ1n) is 19.0. The number of hydrogen-bond donors (Lipinski definition) is 4. The lowest BCUT2D eigenvalue weighted by atomic mass is 9.82. The average Bonchev–Trinajstić information content (AvgIpc) is 3.55. The van der Waals surface area contributed by atoms with Crippen LogP contribution >= 0.6 is 0 Å². The molecule has 4 N–H and O–H groups in total. The second kappa shape index (κ2) is 16.3. The smallest absolute Gasteiger partial charge is 0.264 e. The van der Waals surface area contributed by atoms with Crippen molar-refractivity contribution in [2.75, 3.05) is 49.8 Å². The van der Waals surface area contributed by atoms with Crippen LogP contribution in [0.2, 0.25) is 18.6 Å². The third kappa shape index (κ3) is 7.45. The number of rotatable bonds is 15. The molecule has 290 valence electrons. The molecule has 1 unspecified atom stereocenters. The minimum absolute atomic E-state index is 0.0730. The predicted molar refractivity (Wildman–Crippen MR) is 209 cm³/mol. The molecule has 1 fully saturated rings. The summed E-state index contributed by atoms with van der Waals surface area (Å²) in [5, 5.41) is 22.6. The number of fused-ring (bicyclic) bond motifs is 3. The van der Waals surface area contributed by atoms with Crippen LogP contribution < -0.4 is 19.9 Å². The topological polar surface area (TPSA) is 152 Å². The normalized spacial score (nSPS) is 23.6. The molecular formula is C41H54N4O8Si. The molecule has 3 aliphatic heterocycles. The van der Waals surface area contributed by atoms with E-state index in [0.717, 1.165) is 23.2 Å². The van der Waals surface area contributed by atoms with Gasteiger partial charge in [0.25, 0.3) is 5.91 Å². The molecule has 3 amide bonds. The molecule has 3 aliphatic rings. The molecule has 13 heteroatoms. The summed E-state index contributed by atoms with van der Waals surface area (Å²) in [6.07, 6.45) is 0.965. The van der Waals surface area contributed by atoms with Crippen LogP contribution in [0.25, 0.3) is 0 Å². The predicted octanol–water partition coefficient (Wildman–Crippen LogP) is 4.22. The number of aliphatic hydroxyl groups excluding tert-OH is 2. The molecule has 6 rings (SSSR count). The molecule has 5 atom stereocenters. The maximum atomic E-state index is 14.5. The van der Waals surface area contributed by atoms with Crippen molar-refractivity contribution in [2.45, 2.75) is 82.5 Å². The molecule has 0 aromatic heterocycles. The number of hydrogen-bond acceptors (Lipinski definition) is 9. The van der Waals surface area contributed by atoms with Gasteiger partial charge in [0.2, 0.25) is 11.8 Å². The molecule has 0 radical (unpaired) electrons. The molecule has 12 nitrogen and oxygen atoms in total. The highest BCUT2D eigenvalue weighted by molar-refractivity contribution is 6.71. The Balaban J connectivity index is 1.38. The Bertz CT molecular complexity index is 1840. The van der Waals surface area contributed by atoms with Crippen LogP contribution in [-0.2, 0) is 37.7 Å². The highest BCUT2D eigenvalue weighted by atomic mass is 28.4. The summed E-state index contributed by atoms with van der Waals surface area (Å²) in [6.45, 7) is 8.86.